The van der Waals surface area contributed by atoms with Crippen molar-refractivity contribution in [1.82, 2.24) is 0 Å². The van der Waals surface area contributed by atoms with Gasteiger partial charge in [0, 0.05) is 10.5 Å². The monoisotopic (exact) mass is 245 g/mol. The Labute approximate surface area is 82.2 Å². The normalized spacial score (nSPS) is 10.6. The lowest BCUT2D eigenvalue weighted by Crippen LogP contribution is -1.84. The van der Waals surface area contributed by atoms with E-state index >= 15 is 0 Å². The van der Waals surface area contributed by atoms with E-state index in [0.717, 1.165) is 6.20 Å². The van der Waals surface area contributed by atoms with Gasteiger partial charge in [0.25, 0.3) is 0 Å². The average Bonchev–Trinajstić information content (AvgIpc) is 2.02. The minimum atomic E-state index is -0.574. The standard InChI is InChI=1S/C8H5BrFNO2/c9-8-5-7(10)2-1-6(8)3-4-11(12)13/h1-5H/b4-3-. The first kappa shape index (κ1) is 9.85. The molecule has 0 unspecified atom stereocenters. The van der Waals surface area contributed by atoms with E-state index in [4.69, 9.17) is 0 Å². The van der Waals surface area contributed by atoms with Gasteiger partial charge in [-0.2, -0.15) is 0 Å². The molecule has 0 heterocycles. The van der Waals surface area contributed by atoms with E-state index in [1.54, 1.807) is 0 Å². The molecule has 0 fully saturated rings. The molecule has 5 heteroatoms. The maximum Gasteiger partial charge on any atom is 0.235 e. The van der Waals surface area contributed by atoms with Gasteiger partial charge in [0.2, 0.25) is 6.20 Å². The number of halogens is 2. The molecule has 0 atom stereocenters. The SMILES string of the molecule is O=[N+]([O-])/C=C\c1ccc(F)cc1Br. The zero-order valence-corrected chi connectivity index (χ0v) is 7.99. The number of benzene rings is 1. The summed E-state index contributed by atoms with van der Waals surface area (Å²) in [6, 6.07) is 3.95. The molecule has 0 bridgehead atoms. The molecule has 68 valence electrons. The highest BCUT2D eigenvalue weighted by Gasteiger charge is 1.98. The van der Waals surface area contributed by atoms with E-state index in [-0.39, 0.29) is 5.82 Å². The van der Waals surface area contributed by atoms with Crippen molar-refractivity contribution in [3.63, 3.8) is 0 Å². The Hall–Kier alpha value is -1.23. The molecule has 0 aliphatic rings. The third kappa shape index (κ3) is 2.95. The quantitative estimate of drug-likeness (QED) is 0.594. The fourth-order valence-electron chi connectivity index (χ4n) is 0.778. The van der Waals surface area contributed by atoms with E-state index in [1.165, 1.54) is 24.3 Å². The molecular formula is C8H5BrFNO2. The maximum atomic E-state index is 12.6. The van der Waals surface area contributed by atoms with E-state index < -0.39 is 4.92 Å². The van der Waals surface area contributed by atoms with Crippen molar-refractivity contribution in [3.05, 3.63) is 50.4 Å². The molecule has 1 aromatic carbocycles. The molecule has 0 saturated carbocycles. The van der Waals surface area contributed by atoms with Crippen molar-refractivity contribution < 1.29 is 9.31 Å². The molecule has 1 rings (SSSR count). The van der Waals surface area contributed by atoms with Gasteiger partial charge in [-0.3, -0.25) is 10.1 Å². The Bertz CT molecular complexity index is 365. The number of nitrogens with zero attached hydrogens (tertiary/aromatic N) is 1. The lowest BCUT2D eigenvalue weighted by atomic mass is 10.2. The molecule has 0 saturated heterocycles. The molecule has 13 heavy (non-hydrogen) atoms. The Morgan fingerprint density at radius 2 is 2.23 bits per heavy atom. The van der Waals surface area contributed by atoms with Gasteiger partial charge in [-0.15, -0.1) is 0 Å². The fraction of sp³-hybridized carbons (Fsp3) is 0. The molecular weight excluding hydrogens is 241 g/mol. The highest BCUT2D eigenvalue weighted by molar-refractivity contribution is 9.10. The highest BCUT2D eigenvalue weighted by Crippen LogP contribution is 2.19. The van der Waals surface area contributed by atoms with Crippen LogP contribution in [0.2, 0.25) is 0 Å². The van der Waals surface area contributed by atoms with E-state index in [1.807, 2.05) is 0 Å². The lowest BCUT2D eigenvalue weighted by molar-refractivity contribution is -0.400. The summed E-state index contributed by atoms with van der Waals surface area (Å²) < 4.78 is 13.0. The zero-order chi connectivity index (χ0) is 9.84. The van der Waals surface area contributed by atoms with Crippen molar-refractivity contribution in [2.24, 2.45) is 0 Å². The predicted molar refractivity (Wildman–Crippen MR) is 50.1 cm³/mol. The second-order valence-electron chi connectivity index (χ2n) is 2.27. The van der Waals surface area contributed by atoms with Gasteiger partial charge in [0.1, 0.15) is 5.82 Å². The summed E-state index contributed by atoms with van der Waals surface area (Å²) in [7, 11) is 0. The smallest absolute Gasteiger partial charge is 0.235 e. The zero-order valence-electron chi connectivity index (χ0n) is 6.41. The largest absolute Gasteiger partial charge is 0.259 e. The third-order valence-corrected chi connectivity index (χ3v) is 2.03. The van der Waals surface area contributed by atoms with Gasteiger partial charge in [0.05, 0.1) is 4.92 Å². The van der Waals surface area contributed by atoms with Crippen molar-refractivity contribution >= 4 is 22.0 Å². The van der Waals surface area contributed by atoms with E-state index in [9.17, 15) is 14.5 Å². The van der Waals surface area contributed by atoms with Gasteiger partial charge < -0.3 is 0 Å². The summed E-state index contributed by atoms with van der Waals surface area (Å²) >= 11 is 3.08. The molecule has 0 radical (unpaired) electrons. The van der Waals surface area contributed by atoms with Crippen LogP contribution in [0.4, 0.5) is 4.39 Å². The summed E-state index contributed by atoms with van der Waals surface area (Å²) in [5.41, 5.74) is 0.568. The number of hydrogen-bond donors (Lipinski definition) is 0. The molecule has 0 aliphatic heterocycles. The van der Waals surface area contributed by atoms with Crippen molar-refractivity contribution in [2.75, 3.05) is 0 Å². The first-order valence-corrected chi connectivity index (χ1v) is 4.15. The second-order valence-corrected chi connectivity index (χ2v) is 3.12. The molecule has 0 aromatic heterocycles. The number of rotatable bonds is 2. The fourth-order valence-corrected chi connectivity index (χ4v) is 1.26. The summed E-state index contributed by atoms with van der Waals surface area (Å²) in [6.07, 6.45) is 2.10. The van der Waals surface area contributed by atoms with Crippen LogP contribution in [0.5, 0.6) is 0 Å². The third-order valence-electron chi connectivity index (χ3n) is 1.34. The van der Waals surface area contributed by atoms with Crippen LogP contribution in [0.25, 0.3) is 6.08 Å². The van der Waals surface area contributed by atoms with Crippen molar-refractivity contribution in [3.8, 4) is 0 Å². The van der Waals surface area contributed by atoms with Crippen LogP contribution in [0.3, 0.4) is 0 Å². The van der Waals surface area contributed by atoms with Gasteiger partial charge >= 0.3 is 0 Å². The van der Waals surface area contributed by atoms with Gasteiger partial charge in [-0.05, 0) is 17.7 Å². The van der Waals surface area contributed by atoms with Crippen LogP contribution in [-0.2, 0) is 0 Å². The summed E-state index contributed by atoms with van der Waals surface area (Å²) in [5.74, 6) is -0.384. The molecule has 1 aromatic rings. The van der Waals surface area contributed by atoms with E-state index in [2.05, 4.69) is 15.9 Å². The second kappa shape index (κ2) is 4.13. The maximum absolute atomic E-state index is 12.6. The Morgan fingerprint density at radius 1 is 1.54 bits per heavy atom. The van der Waals surface area contributed by atoms with Crippen molar-refractivity contribution in [2.45, 2.75) is 0 Å². The first-order valence-electron chi connectivity index (χ1n) is 3.36. The molecule has 0 aliphatic carbocycles. The topological polar surface area (TPSA) is 43.1 Å². The number of hydrogen-bond acceptors (Lipinski definition) is 2. The Balaban J connectivity index is 2.96. The van der Waals surface area contributed by atoms with Crippen LogP contribution in [0.1, 0.15) is 5.56 Å². The molecule has 0 spiro atoms. The Kier molecular flexibility index (Phi) is 3.13. The van der Waals surface area contributed by atoms with Crippen LogP contribution in [-0.4, -0.2) is 4.92 Å². The van der Waals surface area contributed by atoms with Crippen molar-refractivity contribution in [1.29, 1.82) is 0 Å². The molecule has 3 nitrogen and oxygen atoms in total. The summed E-state index contributed by atoms with van der Waals surface area (Å²) in [6.45, 7) is 0. The summed E-state index contributed by atoms with van der Waals surface area (Å²) in [5, 5.41) is 9.98. The van der Waals surface area contributed by atoms with Crippen LogP contribution < -0.4 is 0 Å². The minimum absolute atomic E-state index is 0.384. The van der Waals surface area contributed by atoms with Gasteiger partial charge in [-0.25, -0.2) is 4.39 Å². The lowest BCUT2D eigenvalue weighted by Gasteiger charge is -1.95. The first-order chi connectivity index (χ1) is 6.09. The number of nitro groups is 1. The highest BCUT2D eigenvalue weighted by atomic mass is 79.9. The average molecular weight is 246 g/mol. The van der Waals surface area contributed by atoms with Crippen LogP contribution >= 0.6 is 15.9 Å². The van der Waals surface area contributed by atoms with Crippen LogP contribution in [0, 0.1) is 15.9 Å². The van der Waals surface area contributed by atoms with Gasteiger partial charge in [-0.1, -0.05) is 22.0 Å². The Morgan fingerprint density at radius 3 is 2.77 bits per heavy atom. The predicted octanol–water partition coefficient (Wildman–Crippen LogP) is 2.84. The van der Waals surface area contributed by atoms with Crippen LogP contribution in [0.15, 0.2) is 28.9 Å². The van der Waals surface area contributed by atoms with E-state index in [0.29, 0.717) is 10.0 Å². The van der Waals surface area contributed by atoms with Gasteiger partial charge in [0.15, 0.2) is 0 Å². The molecule has 0 amide bonds. The molecule has 0 N–H and O–H groups in total. The minimum Gasteiger partial charge on any atom is -0.259 e. The summed E-state index contributed by atoms with van der Waals surface area (Å²) in [4.78, 5) is 9.41.